The van der Waals surface area contributed by atoms with E-state index in [1.807, 2.05) is 81.7 Å². The predicted molar refractivity (Wildman–Crippen MR) is 204 cm³/mol. The van der Waals surface area contributed by atoms with E-state index in [1.165, 1.54) is 0 Å². The Bertz CT molecular complexity index is 2140. The van der Waals surface area contributed by atoms with Crippen molar-refractivity contribution in [3.05, 3.63) is 94.0 Å². The van der Waals surface area contributed by atoms with Crippen molar-refractivity contribution in [1.82, 2.24) is 0 Å². The third kappa shape index (κ3) is 7.43. The molecule has 4 aliphatic heterocycles. The summed E-state index contributed by atoms with van der Waals surface area (Å²) in [5.41, 5.74) is 5.64. The SMILES string of the molecule is CCCOc1c(OC)cc2c3c1Oc1cc4c(cc1OC)CC[N+](C)(CC(=O)[O-])C4Cc1ccc(cc1)Oc1cc(ccc1OC)CC3[N+](C)(CC(=O)[O-])CC2. The molecule has 0 saturated heterocycles. The summed E-state index contributed by atoms with van der Waals surface area (Å²) in [6.45, 7) is 3.10. The molecule has 4 aromatic rings. The monoisotopic (exact) mass is 766 g/mol. The van der Waals surface area contributed by atoms with Crippen LogP contribution in [0.5, 0.6) is 46.0 Å². The number of benzene rings is 4. The molecule has 12 heteroatoms. The number of fused-ring (bicyclic) bond motifs is 2. The quantitative estimate of drug-likeness (QED) is 0.213. The van der Waals surface area contributed by atoms with E-state index in [-0.39, 0.29) is 28.1 Å². The lowest BCUT2D eigenvalue weighted by Gasteiger charge is -2.47. The van der Waals surface area contributed by atoms with Crippen molar-refractivity contribution in [2.45, 2.75) is 51.1 Å². The summed E-state index contributed by atoms with van der Waals surface area (Å²) >= 11 is 0. The standard InChI is InChI=1S/C44H50N2O10/c1-7-18-54-43-39(53-6)23-30-15-17-46(3,26-41(49)50)34-20-28-10-13-35(51-4)37(21-28)55-31-11-8-27(9-12-31)19-33-32-24-38(56-44(43)42(30)34)36(52-5)22-29(32)14-16-45(33,2)25-40(47)48/h8-13,21-24,33-34H,7,14-20,25-26H2,1-6H3. The molecular formula is C44H50N2O10. The van der Waals surface area contributed by atoms with Crippen LogP contribution < -0.4 is 38.6 Å². The first kappa shape index (κ1) is 38.8. The lowest BCUT2D eigenvalue weighted by molar-refractivity contribution is -0.936. The summed E-state index contributed by atoms with van der Waals surface area (Å²) in [6.07, 6.45) is 2.83. The second kappa shape index (κ2) is 15.6. The van der Waals surface area contributed by atoms with Gasteiger partial charge >= 0.3 is 0 Å². The number of methoxy groups -OCH3 is 3. The van der Waals surface area contributed by atoms with Crippen molar-refractivity contribution >= 4 is 11.9 Å². The van der Waals surface area contributed by atoms with Crippen LogP contribution in [-0.4, -0.2) is 89.1 Å². The Kier molecular flexibility index (Phi) is 10.8. The van der Waals surface area contributed by atoms with Gasteiger partial charge in [-0.1, -0.05) is 25.1 Å². The Morgan fingerprint density at radius 2 is 1.30 bits per heavy atom. The number of hydrogen-bond acceptors (Lipinski definition) is 10. The zero-order chi connectivity index (χ0) is 39.8. The first-order valence-electron chi connectivity index (χ1n) is 19.2. The largest absolute Gasteiger partial charge is 0.544 e. The average molecular weight is 767 g/mol. The second-order valence-electron chi connectivity index (χ2n) is 15.6. The van der Waals surface area contributed by atoms with Crippen LogP contribution in [0.4, 0.5) is 0 Å². The Hall–Kier alpha value is -5.46. The van der Waals surface area contributed by atoms with Gasteiger partial charge in [-0.3, -0.25) is 0 Å². The van der Waals surface area contributed by atoms with Gasteiger partial charge in [0.15, 0.2) is 34.5 Å². The Balaban J connectivity index is 1.53. The number of nitrogens with zero attached hydrogens (tertiary/aromatic N) is 2. The molecule has 6 bridgehead atoms. The smallest absolute Gasteiger partial charge is 0.204 e. The molecule has 4 heterocycles. The fraction of sp³-hybridized carbons (Fsp3) is 0.409. The highest BCUT2D eigenvalue weighted by molar-refractivity contribution is 5.67. The third-order valence-electron chi connectivity index (χ3n) is 11.8. The molecule has 296 valence electrons. The van der Waals surface area contributed by atoms with Crippen molar-refractivity contribution in [2.75, 3.05) is 68.2 Å². The number of ether oxygens (including phenoxy) is 6. The van der Waals surface area contributed by atoms with Crippen molar-refractivity contribution in [3.8, 4) is 46.0 Å². The summed E-state index contributed by atoms with van der Waals surface area (Å²) in [5.74, 6) is 1.63. The molecule has 4 unspecified atom stereocenters. The first-order valence-corrected chi connectivity index (χ1v) is 19.2. The summed E-state index contributed by atoms with van der Waals surface area (Å²) < 4.78 is 38.1. The van der Waals surface area contributed by atoms with Crippen LogP contribution in [0.2, 0.25) is 0 Å². The van der Waals surface area contributed by atoms with Crippen molar-refractivity contribution < 1.29 is 57.2 Å². The zero-order valence-electron chi connectivity index (χ0n) is 33.0. The number of carbonyl (C=O) groups is 2. The van der Waals surface area contributed by atoms with Crippen molar-refractivity contribution in [3.63, 3.8) is 0 Å². The minimum absolute atomic E-state index is 0.136. The van der Waals surface area contributed by atoms with Crippen LogP contribution in [0.25, 0.3) is 0 Å². The lowest BCUT2D eigenvalue weighted by Crippen LogP contribution is -2.56. The first-order chi connectivity index (χ1) is 26.9. The van der Waals surface area contributed by atoms with E-state index in [1.54, 1.807) is 21.3 Å². The van der Waals surface area contributed by atoms with Crippen LogP contribution in [0.15, 0.2) is 60.7 Å². The molecule has 0 fully saturated rings. The van der Waals surface area contributed by atoms with E-state index in [4.69, 9.17) is 28.4 Å². The molecule has 0 aromatic heterocycles. The highest BCUT2D eigenvalue weighted by Gasteiger charge is 2.45. The summed E-state index contributed by atoms with van der Waals surface area (Å²) in [6, 6.07) is 18.8. The molecule has 0 spiro atoms. The van der Waals surface area contributed by atoms with E-state index in [9.17, 15) is 19.8 Å². The number of quaternary nitrogens is 2. The number of likely N-dealkylation sites (N-methyl/N-ethyl adjacent to an activating group) is 2. The zero-order valence-corrected chi connectivity index (χ0v) is 33.0. The van der Waals surface area contributed by atoms with Gasteiger partial charge in [0, 0.05) is 31.2 Å². The van der Waals surface area contributed by atoms with Gasteiger partial charge in [-0.05, 0) is 71.1 Å². The van der Waals surface area contributed by atoms with E-state index in [0.29, 0.717) is 91.4 Å². The number of rotatable bonds is 10. The third-order valence-corrected chi connectivity index (χ3v) is 11.8. The fourth-order valence-corrected chi connectivity index (χ4v) is 8.87. The number of hydrogen-bond donors (Lipinski definition) is 0. The fourth-order valence-electron chi connectivity index (χ4n) is 8.87. The van der Waals surface area contributed by atoms with Gasteiger partial charge in [0.2, 0.25) is 5.75 Å². The topological polar surface area (TPSA) is 136 Å². The van der Waals surface area contributed by atoms with Gasteiger partial charge < -0.3 is 57.2 Å². The maximum Gasteiger partial charge on any atom is 0.204 e. The van der Waals surface area contributed by atoms with Gasteiger partial charge in [0.05, 0.1) is 72.6 Å². The maximum absolute atomic E-state index is 12.5. The van der Waals surface area contributed by atoms with Crippen molar-refractivity contribution in [2.24, 2.45) is 0 Å². The van der Waals surface area contributed by atoms with Crippen LogP contribution in [0.3, 0.4) is 0 Å². The van der Waals surface area contributed by atoms with E-state index < -0.39 is 18.0 Å². The highest BCUT2D eigenvalue weighted by atomic mass is 16.6. The van der Waals surface area contributed by atoms with Crippen LogP contribution in [0.1, 0.15) is 58.8 Å². The highest BCUT2D eigenvalue weighted by Crippen LogP contribution is 2.54. The second-order valence-corrected chi connectivity index (χ2v) is 15.6. The van der Waals surface area contributed by atoms with Crippen LogP contribution in [-0.2, 0) is 35.3 Å². The Morgan fingerprint density at radius 1 is 0.714 bits per heavy atom. The van der Waals surface area contributed by atoms with Gasteiger partial charge in [-0.25, -0.2) is 0 Å². The molecule has 4 atom stereocenters. The maximum atomic E-state index is 12.5. The molecule has 56 heavy (non-hydrogen) atoms. The van der Waals surface area contributed by atoms with Gasteiger partial charge in [0.1, 0.15) is 30.9 Å². The molecule has 0 amide bonds. The predicted octanol–water partition coefficient (Wildman–Crippen LogP) is 4.47. The van der Waals surface area contributed by atoms with E-state index >= 15 is 0 Å². The minimum atomic E-state index is -1.16. The van der Waals surface area contributed by atoms with Gasteiger partial charge in [-0.2, -0.15) is 0 Å². The molecule has 4 aliphatic rings. The van der Waals surface area contributed by atoms with Crippen LogP contribution >= 0.6 is 0 Å². The Labute approximate surface area is 327 Å². The van der Waals surface area contributed by atoms with Crippen LogP contribution in [0, 0.1) is 0 Å². The van der Waals surface area contributed by atoms with Gasteiger partial charge in [0.25, 0.3) is 0 Å². The molecule has 0 N–H and O–H groups in total. The van der Waals surface area contributed by atoms with E-state index in [2.05, 4.69) is 0 Å². The number of aliphatic carboxylic acids is 2. The van der Waals surface area contributed by atoms with Crippen molar-refractivity contribution in [1.29, 1.82) is 0 Å². The average Bonchev–Trinajstić information content (AvgIpc) is 3.16. The summed E-state index contributed by atoms with van der Waals surface area (Å²) in [7, 11) is 8.69. The Morgan fingerprint density at radius 3 is 1.95 bits per heavy atom. The summed E-state index contributed by atoms with van der Waals surface area (Å²) in [4.78, 5) is 24.8. The minimum Gasteiger partial charge on any atom is -0.544 e. The number of carbonyl (C=O) groups excluding carboxylic acids is 2. The lowest BCUT2D eigenvalue weighted by atomic mass is 9.85. The molecule has 12 nitrogen and oxygen atoms in total. The molecule has 4 aromatic carbocycles. The van der Waals surface area contributed by atoms with E-state index in [0.717, 1.165) is 39.8 Å². The normalized spacial score (nSPS) is 22.3. The molecule has 0 radical (unpaired) electrons. The molecule has 0 saturated carbocycles. The number of carboxylic acid groups (broad SMARTS) is 2. The summed E-state index contributed by atoms with van der Waals surface area (Å²) in [5, 5.41) is 24.8. The van der Waals surface area contributed by atoms with Gasteiger partial charge in [-0.15, -0.1) is 0 Å². The molecule has 8 rings (SSSR count). The molecular weight excluding hydrogens is 716 g/mol. The number of carboxylic acids is 2. The molecule has 0 aliphatic carbocycles.